The van der Waals surface area contributed by atoms with Gasteiger partial charge in [0, 0.05) is 10.4 Å². The number of ether oxygens (including phenoxy) is 1. The molecule has 1 amide bonds. The highest BCUT2D eigenvalue weighted by molar-refractivity contribution is 7.17. The van der Waals surface area contributed by atoms with Crippen molar-refractivity contribution >= 4 is 34.0 Å². The lowest BCUT2D eigenvalue weighted by atomic mass is 9.90. The Balaban J connectivity index is 1.98. The van der Waals surface area contributed by atoms with Gasteiger partial charge in [-0.1, -0.05) is 18.2 Å². The highest BCUT2D eigenvalue weighted by Crippen LogP contribution is 2.39. The summed E-state index contributed by atoms with van der Waals surface area (Å²) in [6, 6.07) is 10.5. The first-order valence-corrected chi connectivity index (χ1v) is 9.99. The molecule has 1 unspecified atom stereocenters. The molecule has 6 nitrogen and oxygen atoms in total. The van der Waals surface area contributed by atoms with Crippen LogP contribution in [0.5, 0.6) is 0 Å². The van der Waals surface area contributed by atoms with Crippen LogP contribution in [0.4, 0.5) is 5.00 Å². The zero-order chi connectivity index (χ0) is 20.1. The lowest BCUT2D eigenvalue weighted by Crippen LogP contribution is -2.26. The number of nitrogens with zero attached hydrogens (tertiary/aromatic N) is 1. The monoisotopic (exact) mass is 396 g/mol. The number of benzene rings is 1. The zero-order valence-corrected chi connectivity index (χ0v) is 16.3. The quantitative estimate of drug-likeness (QED) is 0.455. The van der Waals surface area contributed by atoms with Crippen LogP contribution in [0.15, 0.2) is 30.3 Å². The molecule has 0 saturated heterocycles. The topological polar surface area (TPSA) is 96.3 Å². The van der Waals surface area contributed by atoms with Crippen LogP contribution in [-0.4, -0.2) is 24.3 Å². The van der Waals surface area contributed by atoms with E-state index >= 15 is 0 Å². The molecule has 1 aliphatic rings. The Morgan fingerprint density at radius 2 is 1.93 bits per heavy atom. The van der Waals surface area contributed by atoms with Crippen LogP contribution in [0.1, 0.15) is 50.9 Å². The van der Waals surface area contributed by atoms with Crippen molar-refractivity contribution in [3.8, 4) is 6.07 Å². The van der Waals surface area contributed by atoms with E-state index < -0.39 is 17.7 Å². The number of Topliss-reactive ketones (excluding diaryl/α,β-unsaturated/α-hetero) is 1. The number of hydrogen-bond donors (Lipinski definition) is 1. The molecule has 0 radical (unpaired) electrons. The summed E-state index contributed by atoms with van der Waals surface area (Å²) in [6.45, 7) is 1.71. The van der Waals surface area contributed by atoms with Crippen LogP contribution in [0.2, 0.25) is 0 Å². The van der Waals surface area contributed by atoms with Gasteiger partial charge in [0.05, 0.1) is 18.2 Å². The molecular formula is C21H20N2O4S. The SMILES string of the molecule is CCOC(=O)C(C#N)C(=O)c1c(NC(=O)c2ccccc2)sc2c1CCCC2. The first-order valence-electron chi connectivity index (χ1n) is 9.18. The summed E-state index contributed by atoms with van der Waals surface area (Å²) in [4.78, 5) is 38.8. The molecule has 1 aromatic carbocycles. The second-order valence-electron chi connectivity index (χ2n) is 6.41. The summed E-state index contributed by atoms with van der Waals surface area (Å²) in [5, 5.41) is 12.6. The molecule has 144 valence electrons. The minimum Gasteiger partial charge on any atom is -0.465 e. The lowest BCUT2D eigenvalue weighted by molar-refractivity contribution is -0.144. The summed E-state index contributed by atoms with van der Waals surface area (Å²) in [5.74, 6) is -3.33. The van der Waals surface area contributed by atoms with Gasteiger partial charge in [-0.05, 0) is 50.3 Å². The first-order chi connectivity index (χ1) is 13.6. The summed E-state index contributed by atoms with van der Waals surface area (Å²) in [5.41, 5.74) is 1.59. The molecule has 0 aliphatic heterocycles. The Morgan fingerprint density at radius 1 is 1.21 bits per heavy atom. The van der Waals surface area contributed by atoms with Crippen molar-refractivity contribution in [2.24, 2.45) is 5.92 Å². The summed E-state index contributed by atoms with van der Waals surface area (Å²) < 4.78 is 4.88. The molecular weight excluding hydrogens is 376 g/mol. The van der Waals surface area contributed by atoms with Gasteiger partial charge in [-0.2, -0.15) is 5.26 Å². The van der Waals surface area contributed by atoms with Crippen molar-refractivity contribution in [2.75, 3.05) is 11.9 Å². The van der Waals surface area contributed by atoms with Crippen molar-refractivity contribution < 1.29 is 19.1 Å². The lowest BCUT2D eigenvalue weighted by Gasteiger charge is -2.14. The molecule has 28 heavy (non-hydrogen) atoms. The molecule has 0 saturated carbocycles. The second kappa shape index (κ2) is 8.81. The van der Waals surface area contributed by atoms with Crippen LogP contribution in [0.3, 0.4) is 0 Å². The number of anilines is 1. The molecule has 0 spiro atoms. The largest absolute Gasteiger partial charge is 0.465 e. The maximum Gasteiger partial charge on any atom is 0.331 e. The normalized spacial score (nSPS) is 13.7. The summed E-state index contributed by atoms with van der Waals surface area (Å²) in [7, 11) is 0. The van der Waals surface area contributed by atoms with Gasteiger partial charge in [-0.3, -0.25) is 14.4 Å². The smallest absolute Gasteiger partial charge is 0.331 e. The Kier molecular flexibility index (Phi) is 6.22. The van der Waals surface area contributed by atoms with Crippen molar-refractivity contribution in [2.45, 2.75) is 32.6 Å². The molecule has 1 N–H and O–H groups in total. The van der Waals surface area contributed by atoms with E-state index in [4.69, 9.17) is 4.74 Å². The van der Waals surface area contributed by atoms with Crippen LogP contribution in [0, 0.1) is 17.2 Å². The van der Waals surface area contributed by atoms with Gasteiger partial charge in [-0.15, -0.1) is 11.3 Å². The van der Waals surface area contributed by atoms with Gasteiger partial charge >= 0.3 is 5.97 Å². The fourth-order valence-corrected chi connectivity index (χ4v) is 4.56. The number of carbonyl (C=O) groups excluding carboxylic acids is 3. The number of thiophene rings is 1. The minimum atomic E-state index is -1.53. The third-order valence-electron chi connectivity index (χ3n) is 4.59. The van der Waals surface area contributed by atoms with Crippen LogP contribution >= 0.6 is 11.3 Å². The predicted octanol–water partition coefficient (Wildman–Crippen LogP) is 3.76. The van der Waals surface area contributed by atoms with Crippen LogP contribution in [-0.2, 0) is 22.4 Å². The van der Waals surface area contributed by atoms with Gasteiger partial charge in [0.25, 0.3) is 5.91 Å². The molecule has 2 aromatic rings. The van der Waals surface area contributed by atoms with Gasteiger partial charge in [0.2, 0.25) is 5.92 Å². The maximum absolute atomic E-state index is 13.1. The predicted molar refractivity (Wildman–Crippen MR) is 105 cm³/mol. The van der Waals surface area contributed by atoms with E-state index in [1.165, 1.54) is 11.3 Å². The molecule has 1 aromatic heterocycles. The molecule has 0 bridgehead atoms. The van der Waals surface area contributed by atoms with E-state index in [0.717, 1.165) is 29.7 Å². The van der Waals surface area contributed by atoms with E-state index in [0.29, 0.717) is 17.0 Å². The standard InChI is InChI=1S/C21H20N2O4S/c1-2-27-21(26)15(12-22)18(24)17-14-10-6-7-11-16(14)28-20(17)23-19(25)13-8-4-3-5-9-13/h3-5,8-9,15H,2,6-7,10-11H2,1H3,(H,23,25). The summed E-state index contributed by atoms with van der Waals surface area (Å²) >= 11 is 1.35. The number of aryl methyl sites for hydroxylation is 1. The average Bonchev–Trinajstić information content (AvgIpc) is 3.07. The first kappa shape index (κ1) is 19.8. The van der Waals surface area contributed by atoms with Crippen molar-refractivity contribution in [3.05, 3.63) is 51.9 Å². The number of hydrogen-bond acceptors (Lipinski definition) is 6. The maximum atomic E-state index is 13.1. The Hall–Kier alpha value is -2.98. The number of rotatable bonds is 6. The van der Waals surface area contributed by atoms with Gasteiger partial charge in [-0.25, -0.2) is 0 Å². The zero-order valence-electron chi connectivity index (χ0n) is 15.5. The van der Waals surface area contributed by atoms with Crippen LogP contribution < -0.4 is 5.32 Å². The van der Waals surface area contributed by atoms with E-state index in [9.17, 15) is 19.6 Å². The van der Waals surface area contributed by atoms with Gasteiger partial charge in [0.1, 0.15) is 5.00 Å². The Morgan fingerprint density at radius 3 is 2.61 bits per heavy atom. The fraction of sp³-hybridized carbons (Fsp3) is 0.333. The highest BCUT2D eigenvalue weighted by atomic mass is 32.1. The van der Waals surface area contributed by atoms with E-state index in [1.54, 1.807) is 37.3 Å². The number of amides is 1. The van der Waals surface area contributed by atoms with E-state index in [2.05, 4.69) is 5.32 Å². The molecule has 7 heteroatoms. The Labute approximate surface area is 167 Å². The number of fused-ring (bicyclic) bond motifs is 1. The fourth-order valence-electron chi connectivity index (χ4n) is 3.27. The highest BCUT2D eigenvalue weighted by Gasteiger charge is 2.35. The number of esters is 1. The molecule has 0 fully saturated rings. The van der Waals surface area contributed by atoms with Crippen molar-refractivity contribution in [1.82, 2.24) is 0 Å². The van der Waals surface area contributed by atoms with E-state index in [1.807, 2.05) is 6.07 Å². The molecule has 3 rings (SSSR count). The molecule has 1 heterocycles. The summed E-state index contributed by atoms with van der Waals surface area (Å²) in [6.07, 6.45) is 3.44. The second-order valence-corrected chi connectivity index (χ2v) is 7.52. The third-order valence-corrected chi connectivity index (χ3v) is 5.80. The number of nitrogens with one attached hydrogen (secondary N) is 1. The van der Waals surface area contributed by atoms with Gasteiger partial charge in [0.15, 0.2) is 5.78 Å². The third kappa shape index (κ3) is 3.97. The molecule has 1 aliphatic carbocycles. The minimum absolute atomic E-state index is 0.0869. The number of ketones is 1. The molecule has 1 atom stereocenters. The Bertz CT molecular complexity index is 943. The van der Waals surface area contributed by atoms with Crippen molar-refractivity contribution in [3.63, 3.8) is 0 Å². The van der Waals surface area contributed by atoms with Gasteiger partial charge < -0.3 is 10.1 Å². The number of carbonyl (C=O) groups is 3. The average molecular weight is 396 g/mol. The van der Waals surface area contributed by atoms with E-state index in [-0.39, 0.29) is 18.1 Å². The number of nitriles is 1. The van der Waals surface area contributed by atoms with Crippen molar-refractivity contribution in [1.29, 1.82) is 5.26 Å². The van der Waals surface area contributed by atoms with Crippen LogP contribution in [0.25, 0.3) is 0 Å².